The molecule has 2 aromatic heterocycles. The number of nitrogens with two attached hydrogens (primary N) is 1. The zero-order chi connectivity index (χ0) is 13.2. The minimum atomic E-state index is 0.265. The van der Waals surface area contributed by atoms with Gasteiger partial charge in [-0.3, -0.25) is 0 Å². The number of aromatic nitrogens is 4. The quantitative estimate of drug-likeness (QED) is 0.741. The minimum Gasteiger partial charge on any atom is -0.368 e. The average molecular weight is 254 g/mol. The number of imidazole rings is 1. The number of nitrogen functional groups attached to an aromatic ring is 1. The first-order valence-electron chi connectivity index (χ1n) is 5.96. The van der Waals surface area contributed by atoms with Crippen molar-refractivity contribution < 1.29 is 0 Å². The predicted molar refractivity (Wildman–Crippen MR) is 74.5 cm³/mol. The lowest BCUT2D eigenvalue weighted by Gasteiger charge is -2.09. The normalized spacial score (nSPS) is 10.8. The number of hydrogen-bond donors (Lipinski definition) is 2. The number of nitrogens with one attached hydrogen (secondary N) is 1. The fourth-order valence-corrected chi connectivity index (χ4v) is 1.96. The third-order valence-electron chi connectivity index (χ3n) is 2.96. The molecule has 0 aliphatic heterocycles. The highest BCUT2D eigenvalue weighted by molar-refractivity contribution is 5.89. The lowest BCUT2D eigenvalue weighted by Crippen LogP contribution is -2.08. The van der Waals surface area contributed by atoms with E-state index in [0.717, 1.165) is 22.5 Å². The lowest BCUT2D eigenvalue weighted by atomic mass is 10.2. The Bertz CT molecular complexity index is 718. The highest BCUT2D eigenvalue weighted by Gasteiger charge is 2.06. The van der Waals surface area contributed by atoms with E-state index >= 15 is 0 Å². The average Bonchev–Trinajstić information content (AvgIpc) is 2.81. The van der Waals surface area contributed by atoms with E-state index in [1.807, 2.05) is 42.1 Å². The van der Waals surface area contributed by atoms with Crippen molar-refractivity contribution in [2.24, 2.45) is 7.05 Å². The number of fused-ring (bicyclic) bond motifs is 1. The van der Waals surface area contributed by atoms with E-state index in [2.05, 4.69) is 20.3 Å². The Morgan fingerprint density at radius 3 is 2.89 bits per heavy atom. The molecule has 3 aromatic rings. The van der Waals surface area contributed by atoms with Gasteiger partial charge in [-0.25, -0.2) is 9.97 Å². The smallest absolute Gasteiger partial charge is 0.222 e. The van der Waals surface area contributed by atoms with Crippen molar-refractivity contribution in [1.29, 1.82) is 0 Å². The van der Waals surface area contributed by atoms with Crippen LogP contribution in [-0.4, -0.2) is 19.5 Å². The van der Waals surface area contributed by atoms with E-state index in [4.69, 9.17) is 5.73 Å². The summed E-state index contributed by atoms with van der Waals surface area (Å²) in [5.41, 5.74) is 6.55. The molecule has 3 N–H and O–H groups in total. The molecule has 0 atom stereocenters. The summed E-state index contributed by atoms with van der Waals surface area (Å²) in [6.07, 6.45) is 3.67. The van der Waals surface area contributed by atoms with E-state index in [0.29, 0.717) is 6.54 Å². The fraction of sp³-hybridized carbons (Fsp3) is 0.154. The summed E-state index contributed by atoms with van der Waals surface area (Å²) >= 11 is 0. The van der Waals surface area contributed by atoms with Crippen molar-refractivity contribution in [3.63, 3.8) is 0 Å². The molecule has 6 heteroatoms. The van der Waals surface area contributed by atoms with Crippen LogP contribution >= 0.6 is 0 Å². The summed E-state index contributed by atoms with van der Waals surface area (Å²) in [6, 6.07) is 7.76. The van der Waals surface area contributed by atoms with Crippen molar-refractivity contribution >= 4 is 22.7 Å². The van der Waals surface area contributed by atoms with Gasteiger partial charge in [0.1, 0.15) is 11.6 Å². The number of hydrogen-bond acceptors (Lipinski definition) is 5. The second-order valence-corrected chi connectivity index (χ2v) is 4.26. The number of aryl methyl sites for hydroxylation is 1. The molecule has 19 heavy (non-hydrogen) atoms. The van der Waals surface area contributed by atoms with E-state index in [9.17, 15) is 0 Å². The SMILES string of the molecule is Cn1ccnc1CNc1nc(N)nc2ccccc12. The Kier molecular flexibility index (Phi) is 2.75. The summed E-state index contributed by atoms with van der Waals surface area (Å²) in [4.78, 5) is 12.7. The van der Waals surface area contributed by atoms with Gasteiger partial charge >= 0.3 is 0 Å². The predicted octanol–water partition coefficient (Wildman–Crippen LogP) is 1.56. The van der Waals surface area contributed by atoms with Crippen LogP contribution in [0.3, 0.4) is 0 Å². The molecule has 0 radical (unpaired) electrons. The van der Waals surface area contributed by atoms with Gasteiger partial charge in [0, 0.05) is 24.8 Å². The van der Waals surface area contributed by atoms with Crippen molar-refractivity contribution in [2.75, 3.05) is 11.1 Å². The molecule has 0 saturated heterocycles. The van der Waals surface area contributed by atoms with Gasteiger partial charge in [0.25, 0.3) is 0 Å². The van der Waals surface area contributed by atoms with Gasteiger partial charge in [0.15, 0.2) is 0 Å². The van der Waals surface area contributed by atoms with Crippen molar-refractivity contribution in [1.82, 2.24) is 19.5 Å². The van der Waals surface area contributed by atoms with Crippen LogP contribution < -0.4 is 11.1 Å². The molecule has 0 spiro atoms. The summed E-state index contributed by atoms with van der Waals surface area (Å²) in [6.45, 7) is 0.587. The molecule has 0 amide bonds. The molecule has 96 valence electrons. The van der Waals surface area contributed by atoms with Gasteiger partial charge in [-0.15, -0.1) is 0 Å². The number of nitrogens with zero attached hydrogens (tertiary/aromatic N) is 4. The summed E-state index contributed by atoms with van der Waals surface area (Å²) in [7, 11) is 1.95. The van der Waals surface area contributed by atoms with E-state index in [1.54, 1.807) is 6.20 Å². The lowest BCUT2D eigenvalue weighted by molar-refractivity contribution is 0.811. The number of benzene rings is 1. The molecule has 6 nitrogen and oxygen atoms in total. The van der Waals surface area contributed by atoms with Crippen LogP contribution in [0.4, 0.5) is 11.8 Å². The molecule has 0 aliphatic carbocycles. The highest BCUT2D eigenvalue weighted by atomic mass is 15.1. The second-order valence-electron chi connectivity index (χ2n) is 4.26. The minimum absolute atomic E-state index is 0.265. The molecule has 0 aliphatic rings. The zero-order valence-electron chi connectivity index (χ0n) is 10.5. The van der Waals surface area contributed by atoms with E-state index < -0.39 is 0 Å². The summed E-state index contributed by atoms with van der Waals surface area (Å²) in [5, 5.41) is 4.21. The fourth-order valence-electron chi connectivity index (χ4n) is 1.96. The molecular weight excluding hydrogens is 240 g/mol. The summed E-state index contributed by atoms with van der Waals surface area (Å²) < 4.78 is 1.96. The topological polar surface area (TPSA) is 81.7 Å². The second kappa shape index (κ2) is 4.56. The van der Waals surface area contributed by atoms with Crippen LogP contribution in [0.25, 0.3) is 10.9 Å². The first-order chi connectivity index (χ1) is 9.24. The van der Waals surface area contributed by atoms with Crippen molar-refractivity contribution in [2.45, 2.75) is 6.54 Å². The largest absolute Gasteiger partial charge is 0.368 e. The van der Waals surface area contributed by atoms with Gasteiger partial charge in [-0.2, -0.15) is 4.98 Å². The first kappa shape index (κ1) is 11.5. The molecule has 0 unspecified atom stereocenters. The molecule has 2 heterocycles. The van der Waals surface area contributed by atoms with E-state index in [-0.39, 0.29) is 5.95 Å². The number of para-hydroxylation sites is 1. The molecular formula is C13H14N6. The summed E-state index contributed by atoms with van der Waals surface area (Å²) in [5.74, 6) is 1.92. The Labute approximate surface area is 110 Å². The zero-order valence-corrected chi connectivity index (χ0v) is 10.5. The van der Waals surface area contributed by atoms with E-state index in [1.165, 1.54) is 0 Å². The number of anilines is 2. The molecule has 1 aromatic carbocycles. The van der Waals surface area contributed by atoms with Gasteiger partial charge in [-0.1, -0.05) is 12.1 Å². The highest BCUT2D eigenvalue weighted by Crippen LogP contribution is 2.21. The third kappa shape index (κ3) is 2.20. The first-order valence-corrected chi connectivity index (χ1v) is 5.96. The van der Waals surface area contributed by atoms with Crippen LogP contribution in [0.5, 0.6) is 0 Å². The standard InChI is InChI=1S/C13H14N6/c1-19-7-6-15-11(19)8-16-12-9-4-2-3-5-10(9)17-13(14)18-12/h2-7H,8H2,1H3,(H3,14,16,17,18). The van der Waals surface area contributed by atoms with Crippen LogP contribution in [0.1, 0.15) is 5.82 Å². The van der Waals surface area contributed by atoms with Crippen molar-refractivity contribution in [3.8, 4) is 0 Å². The number of rotatable bonds is 3. The van der Waals surface area contributed by atoms with Crippen LogP contribution in [0.2, 0.25) is 0 Å². The Balaban J connectivity index is 1.94. The van der Waals surface area contributed by atoms with Crippen molar-refractivity contribution in [3.05, 3.63) is 42.5 Å². The van der Waals surface area contributed by atoms with Crippen LogP contribution in [-0.2, 0) is 13.6 Å². The third-order valence-corrected chi connectivity index (χ3v) is 2.96. The maximum Gasteiger partial charge on any atom is 0.222 e. The Morgan fingerprint density at radius 2 is 2.11 bits per heavy atom. The van der Waals surface area contributed by atoms with Gasteiger partial charge in [0.05, 0.1) is 12.1 Å². The molecule has 0 fully saturated rings. The molecule has 0 saturated carbocycles. The van der Waals surface area contributed by atoms with Gasteiger partial charge in [-0.05, 0) is 12.1 Å². The Hall–Kier alpha value is -2.63. The van der Waals surface area contributed by atoms with Crippen LogP contribution in [0.15, 0.2) is 36.7 Å². The maximum absolute atomic E-state index is 5.72. The molecule has 3 rings (SSSR count). The van der Waals surface area contributed by atoms with Gasteiger partial charge in [0.2, 0.25) is 5.95 Å². The maximum atomic E-state index is 5.72. The van der Waals surface area contributed by atoms with Crippen LogP contribution in [0, 0.1) is 0 Å². The monoisotopic (exact) mass is 254 g/mol. The van der Waals surface area contributed by atoms with Gasteiger partial charge < -0.3 is 15.6 Å². The molecule has 0 bridgehead atoms. The Morgan fingerprint density at radius 1 is 1.26 bits per heavy atom.